The molecule has 1 aliphatic rings. The zero-order valence-electron chi connectivity index (χ0n) is 9.72. The molecule has 0 spiro atoms. The van der Waals surface area contributed by atoms with Gasteiger partial charge in [-0.2, -0.15) is 0 Å². The summed E-state index contributed by atoms with van der Waals surface area (Å²) in [7, 11) is 0. The van der Waals surface area contributed by atoms with E-state index in [1.807, 2.05) is 18.2 Å². The summed E-state index contributed by atoms with van der Waals surface area (Å²) in [6, 6.07) is 8.96. The first-order chi connectivity index (χ1) is 8.66. The van der Waals surface area contributed by atoms with Crippen LogP contribution in [0, 0.1) is 0 Å². The summed E-state index contributed by atoms with van der Waals surface area (Å²) in [5.41, 5.74) is 0.600. The van der Waals surface area contributed by atoms with Crippen LogP contribution in [0.3, 0.4) is 0 Å². The van der Waals surface area contributed by atoms with Crippen LogP contribution in [-0.2, 0) is 9.47 Å². The first kappa shape index (κ1) is 13.8. The summed E-state index contributed by atoms with van der Waals surface area (Å²) in [5, 5.41) is -0.774. The van der Waals surface area contributed by atoms with Gasteiger partial charge in [0.05, 0.1) is 18.6 Å². The Morgan fingerprint density at radius 1 is 1.28 bits per heavy atom. The highest BCUT2D eigenvalue weighted by atomic mass is 35.5. The molecule has 0 amide bonds. The van der Waals surface area contributed by atoms with Gasteiger partial charge in [0.2, 0.25) is 0 Å². The minimum atomic E-state index is -0.649. The largest absolute Gasteiger partial charge is 0.351 e. The van der Waals surface area contributed by atoms with E-state index in [4.69, 9.17) is 32.7 Å². The summed E-state index contributed by atoms with van der Waals surface area (Å²) in [4.78, 5) is 12.0. The van der Waals surface area contributed by atoms with Crippen molar-refractivity contribution in [3.8, 4) is 0 Å². The molecule has 2 rings (SSSR count). The van der Waals surface area contributed by atoms with E-state index >= 15 is 0 Å². The predicted molar refractivity (Wildman–Crippen MR) is 70.4 cm³/mol. The summed E-state index contributed by atoms with van der Waals surface area (Å²) in [6.07, 6.45) is -0.117. The Balaban J connectivity index is 1.88. The first-order valence-corrected chi connectivity index (χ1v) is 6.64. The molecule has 98 valence electrons. The van der Waals surface area contributed by atoms with Crippen LogP contribution in [0.4, 0.5) is 0 Å². The summed E-state index contributed by atoms with van der Waals surface area (Å²) >= 11 is 11.9. The molecule has 1 saturated heterocycles. The zero-order valence-corrected chi connectivity index (χ0v) is 11.2. The maximum atomic E-state index is 12.0. The molecule has 0 radical (unpaired) electrons. The molecule has 1 aliphatic heterocycles. The van der Waals surface area contributed by atoms with Crippen molar-refractivity contribution in [1.29, 1.82) is 0 Å². The van der Waals surface area contributed by atoms with Gasteiger partial charge in [0.1, 0.15) is 5.38 Å². The molecule has 1 aromatic carbocycles. The Morgan fingerprint density at radius 3 is 2.50 bits per heavy atom. The standard InChI is InChI=1S/C13H14Cl2O3/c14-10-7-17-12(18-8-10)6-11(15)13(16)9-4-2-1-3-5-9/h1-5,10-12H,6-8H2. The highest BCUT2D eigenvalue weighted by molar-refractivity contribution is 6.33. The number of Topliss-reactive ketones (excluding diaryl/α,β-unsaturated/α-hetero) is 1. The van der Waals surface area contributed by atoms with Crippen molar-refractivity contribution >= 4 is 29.0 Å². The molecule has 0 aliphatic carbocycles. The van der Waals surface area contributed by atoms with E-state index in [0.717, 1.165) is 0 Å². The van der Waals surface area contributed by atoms with Crippen molar-refractivity contribution in [2.75, 3.05) is 13.2 Å². The Kier molecular flexibility index (Phi) is 5.01. The Bertz CT molecular complexity index is 388. The SMILES string of the molecule is O=C(c1ccccc1)C(Cl)CC1OCC(Cl)CO1. The monoisotopic (exact) mass is 288 g/mol. The van der Waals surface area contributed by atoms with Crippen molar-refractivity contribution in [2.45, 2.75) is 23.5 Å². The number of ketones is 1. The number of hydrogen-bond donors (Lipinski definition) is 0. The first-order valence-electron chi connectivity index (χ1n) is 5.77. The summed E-state index contributed by atoms with van der Waals surface area (Å²) < 4.78 is 10.7. The van der Waals surface area contributed by atoms with Gasteiger partial charge in [-0.3, -0.25) is 4.79 Å². The molecule has 0 saturated carbocycles. The molecule has 0 aromatic heterocycles. The number of rotatable bonds is 4. The van der Waals surface area contributed by atoms with E-state index < -0.39 is 11.7 Å². The quantitative estimate of drug-likeness (QED) is 0.631. The van der Waals surface area contributed by atoms with Crippen LogP contribution in [0.15, 0.2) is 30.3 Å². The normalized spacial score (nSPS) is 25.7. The smallest absolute Gasteiger partial charge is 0.180 e. The van der Waals surface area contributed by atoms with E-state index in [1.54, 1.807) is 12.1 Å². The van der Waals surface area contributed by atoms with Crippen LogP contribution < -0.4 is 0 Å². The fourth-order valence-corrected chi connectivity index (χ4v) is 2.13. The van der Waals surface area contributed by atoms with Gasteiger partial charge >= 0.3 is 0 Å². The van der Waals surface area contributed by atoms with Gasteiger partial charge in [-0.1, -0.05) is 30.3 Å². The number of hydrogen-bond acceptors (Lipinski definition) is 3. The van der Waals surface area contributed by atoms with Crippen LogP contribution in [0.1, 0.15) is 16.8 Å². The van der Waals surface area contributed by atoms with E-state index in [2.05, 4.69) is 0 Å². The number of carbonyl (C=O) groups is 1. The van der Waals surface area contributed by atoms with Gasteiger partial charge in [-0.15, -0.1) is 23.2 Å². The molecule has 1 fully saturated rings. The second-order valence-corrected chi connectivity index (χ2v) is 5.27. The number of halogens is 2. The Hall–Kier alpha value is -0.610. The van der Waals surface area contributed by atoms with Gasteiger partial charge in [0.25, 0.3) is 0 Å². The summed E-state index contributed by atoms with van der Waals surface area (Å²) in [6.45, 7) is 0.852. The summed E-state index contributed by atoms with van der Waals surface area (Å²) in [5.74, 6) is -0.113. The van der Waals surface area contributed by atoms with E-state index in [0.29, 0.717) is 25.2 Å². The Morgan fingerprint density at radius 2 is 1.89 bits per heavy atom. The molecule has 18 heavy (non-hydrogen) atoms. The van der Waals surface area contributed by atoms with Gasteiger partial charge in [0, 0.05) is 12.0 Å². The van der Waals surface area contributed by atoms with Crippen molar-refractivity contribution < 1.29 is 14.3 Å². The molecular weight excluding hydrogens is 275 g/mol. The van der Waals surface area contributed by atoms with Crippen molar-refractivity contribution in [2.24, 2.45) is 0 Å². The molecule has 3 nitrogen and oxygen atoms in total. The zero-order chi connectivity index (χ0) is 13.0. The van der Waals surface area contributed by atoms with Crippen molar-refractivity contribution in [3.05, 3.63) is 35.9 Å². The molecule has 1 aromatic rings. The van der Waals surface area contributed by atoms with E-state index in [-0.39, 0.29) is 11.2 Å². The molecule has 0 N–H and O–H groups in total. The molecular formula is C13H14Cl2O3. The van der Waals surface area contributed by atoms with Crippen molar-refractivity contribution in [1.82, 2.24) is 0 Å². The third kappa shape index (κ3) is 3.69. The second kappa shape index (κ2) is 6.53. The minimum absolute atomic E-state index is 0.113. The Labute approximate surface area is 116 Å². The third-order valence-corrected chi connectivity index (χ3v) is 3.30. The topological polar surface area (TPSA) is 35.5 Å². The fourth-order valence-electron chi connectivity index (χ4n) is 1.72. The average molecular weight is 289 g/mol. The molecule has 1 atom stereocenters. The van der Waals surface area contributed by atoms with E-state index in [9.17, 15) is 4.79 Å². The number of ether oxygens (including phenoxy) is 2. The predicted octanol–water partition coefficient (Wildman–Crippen LogP) is 2.85. The van der Waals surface area contributed by atoms with Crippen LogP contribution in [0.25, 0.3) is 0 Å². The van der Waals surface area contributed by atoms with E-state index in [1.165, 1.54) is 0 Å². The van der Waals surface area contributed by atoms with Crippen LogP contribution >= 0.6 is 23.2 Å². The van der Waals surface area contributed by atoms with Gasteiger partial charge in [0.15, 0.2) is 12.1 Å². The number of alkyl halides is 2. The number of carbonyl (C=O) groups excluding carboxylic acids is 1. The average Bonchev–Trinajstić information content (AvgIpc) is 2.41. The van der Waals surface area contributed by atoms with Crippen molar-refractivity contribution in [3.63, 3.8) is 0 Å². The molecule has 1 heterocycles. The lowest BCUT2D eigenvalue weighted by molar-refractivity contribution is -0.178. The minimum Gasteiger partial charge on any atom is -0.351 e. The lowest BCUT2D eigenvalue weighted by Crippen LogP contribution is -2.35. The molecule has 1 unspecified atom stereocenters. The highest BCUT2D eigenvalue weighted by Gasteiger charge is 2.26. The second-order valence-electron chi connectivity index (χ2n) is 4.13. The number of benzene rings is 1. The third-order valence-electron chi connectivity index (χ3n) is 2.67. The lowest BCUT2D eigenvalue weighted by atomic mass is 10.1. The maximum absolute atomic E-state index is 12.0. The lowest BCUT2D eigenvalue weighted by Gasteiger charge is -2.27. The molecule has 0 bridgehead atoms. The fraction of sp³-hybridized carbons (Fsp3) is 0.462. The van der Waals surface area contributed by atoms with Crippen LogP contribution in [0.5, 0.6) is 0 Å². The van der Waals surface area contributed by atoms with Gasteiger partial charge in [-0.25, -0.2) is 0 Å². The molecule has 5 heteroatoms. The van der Waals surface area contributed by atoms with Gasteiger partial charge < -0.3 is 9.47 Å². The maximum Gasteiger partial charge on any atom is 0.180 e. The van der Waals surface area contributed by atoms with Crippen LogP contribution in [0.2, 0.25) is 0 Å². The highest BCUT2D eigenvalue weighted by Crippen LogP contribution is 2.19. The van der Waals surface area contributed by atoms with Gasteiger partial charge in [-0.05, 0) is 0 Å². The van der Waals surface area contributed by atoms with Crippen LogP contribution in [-0.4, -0.2) is 36.0 Å².